The molecule has 3 fully saturated rings. The molecule has 1 N–H and O–H groups in total. The highest BCUT2D eigenvalue weighted by Gasteiger charge is 2.45. The van der Waals surface area contributed by atoms with Crippen molar-refractivity contribution in [1.29, 1.82) is 0 Å². The van der Waals surface area contributed by atoms with Crippen molar-refractivity contribution in [2.45, 2.75) is 37.8 Å². The molecule has 3 aliphatic rings. The maximum atomic E-state index is 12.3. The van der Waals surface area contributed by atoms with E-state index in [-0.39, 0.29) is 24.0 Å². The van der Waals surface area contributed by atoms with E-state index in [1.807, 2.05) is 7.05 Å². The Morgan fingerprint density at radius 3 is 2.86 bits per heavy atom. The number of rotatable bonds is 4. The van der Waals surface area contributed by atoms with Gasteiger partial charge in [-0.2, -0.15) is 0 Å². The van der Waals surface area contributed by atoms with Gasteiger partial charge in [-0.05, 0) is 45.2 Å². The summed E-state index contributed by atoms with van der Waals surface area (Å²) in [5, 5.41) is 0. The fourth-order valence-corrected chi connectivity index (χ4v) is 3.82. The summed E-state index contributed by atoms with van der Waals surface area (Å²) in [7, 11) is 3.92. The number of hydrogen-bond acceptors (Lipinski definition) is 4. The number of hydrogen-bond donors (Lipinski definition) is 1. The SMILES string of the molecule is CN1CCCC(CONC(=O)[C@@H]2CC[C@@H]3CN2C(=O)N3C)C1. The number of urea groups is 1. The fraction of sp³-hybridized carbons (Fsp3) is 0.867. The predicted molar refractivity (Wildman–Crippen MR) is 81.0 cm³/mol. The third-order valence-corrected chi connectivity index (χ3v) is 5.17. The molecular formula is C15H26N4O3. The Hall–Kier alpha value is -1.34. The van der Waals surface area contributed by atoms with Crippen LogP contribution in [0.5, 0.6) is 0 Å². The van der Waals surface area contributed by atoms with Gasteiger partial charge in [-0.3, -0.25) is 9.63 Å². The molecule has 22 heavy (non-hydrogen) atoms. The molecule has 124 valence electrons. The summed E-state index contributed by atoms with van der Waals surface area (Å²) in [5.41, 5.74) is 2.56. The molecule has 0 saturated carbocycles. The van der Waals surface area contributed by atoms with Crippen molar-refractivity contribution in [2.75, 3.05) is 40.3 Å². The van der Waals surface area contributed by atoms with Crippen molar-refractivity contribution in [3.8, 4) is 0 Å². The first kappa shape index (κ1) is 15.6. The highest BCUT2D eigenvalue weighted by atomic mass is 16.7. The lowest BCUT2D eigenvalue weighted by Gasteiger charge is -2.31. The van der Waals surface area contributed by atoms with Crippen molar-refractivity contribution in [2.24, 2.45) is 5.92 Å². The van der Waals surface area contributed by atoms with Crippen molar-refractivity contribution < 1.29 is 14.4 Å². The lowest BCUT2D eigenvalue weighted by Crippen LogP contribution is -2.50. The van der Waals surface area contributed by atoms with Gasteiger partial charge in [-0.15, -0.1) is 0 Å². The predicted octanol–water partition coefficient (Wildman–Crippen LogP) is 0.274. The summed E-state index contributed by atoms with van der Waals surface area (Å²) in [4.78, 5) is 35.5. The molecule has 0 spiro atoms. The van der Waals surface area contributed by atoms with Crippen LogP contribution < -0.4 is 5.48 Å². The summed E-state index contributed by atoms with van der Waals surface area (Å²) in [5.74, 6) is 0.278. The number of amides is 3. The molecule has 2 bridgehead atoms. The van der Waals surface area contributed by atoms with Gasteiger partial charge in [0, 0.05) is 20.1 Å². The number of carbonyl (C=O) groups excluding carboxylic acids is 2. The van der Waals surface area contributed by atoms with E-state index in [4.69, 9.17) is 4.84 Å². The van der Waals surface area contributed by atoms with Gasteiger partial charge in [0.2, 0.25) is 0 Å². The second-order valence-electron chi connectivity index (χ2n) is 6.84. The second kappa shape index (κ2) is 6.42. The average Bonchev–Trinajstić information content (AvgIpc) is 2.72. The third-order valence-electron chi connectivity index (χ3n) is 5.17. The van der Waals surface area contributed by atoms with Crippen LogP contribution in [-0.4, -0.2) is 79.1 Å². The van der Waals surface area contributed by atoms with Crippen LogP contribution >= 0.6 is 0 Å². The molecule has 3 atom stereocenters. The summed E-state index contributed by atoms with van der Waals surface area (Å²) >= 11 is 0. The molecule has 0 aliphatic carbocycles. The lowest BCUT2D eigenvalue weighted by molar-refractivity contribution is -0.140. The van der Waals surface area contributed by atoms with E-state index in [1.165, 1.54) is 6.42 Å². The monoisotopic (exact) mass is 310 g/mol. The number of carbonyl (C=O) groups is 2. The van der Waals surface area contributed by atoms with Crippen molar-refractivity contribution in [1.82, 2.24) is 20.2 Å². The van der Waals surface area contributed by atoms with Crippen LogP contribution in [0.4, 0.5) is 4.79 Å². The van der Waals surface area contributed by atoms with Crippen LogP contribution in [0.15, 0.2) is 0 Å². The number of likely N-dealkylation sites (tertiary alicyclic amines) is 1. The molecule has 0 aromatic rings. The maximum absolute atomic E-state index is 12.3. The minimum atomic E-state index is -0.386. The summed E-state index contributed by atoms with van der Waals surface area (Å²) in [6, 6.07) is -0.172. The Morgan fingerprint density at radius 2 is 2.09 bits per heavy atom. The molecular weight excluding hydrogens is 284 g/mol. The molecule has 3 heterocycles. The van der Waals surface area contributed by atoms with Gasteiger partial charge < -0.3 is 14.7 Å². The van der Waals surface area contributed by atoms with E-state index in [0.29, 0.717) is 25.5 Å². The number of likely N-dealkylation sites (N-methyl/N-ethyl adjacent to an activating group) is 1. The van der Waals surface area contributed by atoms with Gasteiger partial charge in [-0.1, -0.05) is 0 Å². The second-order valence-corrected chi connectivity index (χ2v) is 6.84. The Balaban J connectivity index is 1.45. The minimum absolute atomic E-state index is 0.0449. The lowest BCUT2D eigenvalue weighted by atomic mass is 10.00. The quantitative estimate of drug-likeness (QED) is 0.757. The van der Waals surface area contributed by atoms with Gasteiger partial charge in [0.1, 0.15) is 6.04 Å². The largest absolute Gasteiger partial charge is 0.323 e. The van der Waals surface area contributed by atoms with E-state index < -0.39 is 0 Å². The van der Waals surface area contributed by atoms with Gasteiger partial charge in [0.15, 0.2) is 0 Å². The van der Waals surface area contributed by atoms with Gasteiger partial charge in [-0.25, -0.2) is 10.3 Å². The Bertz CT molecular complexity index is 445. The fourth-order valence-electron chi connectivity index (χ4n) is 3.82. The molecule has 0 radical (unpaired) electrons. The molecule has 1 unspecified atom stereocenters. The van der Waals surface area contributed by atoms with Crippen LogP contribution in [0.25, 0.3) is 0 Å². The van der Waals surface area contributed by atoms with Crippen LogP contribution in [0.2, 0.25) is 0 Å². The van der Waals surface area contributed by atoms with Crippen LogP contribution in [0, 0.1) is 5.92 Å². The van der Waals surface area contributed by atoms with Crippen molar-refractivity contribution >= 4 is 11.9 Å². The zero-order valence-electron chi connectivity index (χ0n) is 13.5. The first-order valence-corrected chi connectivity index (χ1v) is 8.20. The highest BCUT2D eigenvalue weighted by Crippen LogP contribution is 2.28. The van der Waals surface area contributed by atoms with E-state index in [2.05, 4.69) is 17.4 Å². The standard InChI is InChI=1S/C15H26N4O3/c1-17-7-3-4-11(8-17)10-22-16-14(20)13-6-5-12-9-19(13)15(21)18(12)2/h11-13H,3-10H2,1-2H3,(H,16,20)/t11?,12-,13+/m1/s1. The zero-order valence-corrected chi connectivity index (χ0v) is 13.5. The van der Waals surface area contributed by atoms with E-state index in [0.717, 1.165) is 25.9 Å². The summed E-state index contributed by atoms with van der Waals surface area (Å²) in [6.07, 6.45) is 3.91. The summed E-state index contributed by atoms with van der Waals surface area (Å²) in [6.45, 7) is 3.34. The molecule has 3 saturated heterocycles. The molecule has 3 amide bonds. The highest BCUT2D eigenvalue weighted by molar-refractivity contribution is 5.88. The number of piperidine rings is 2. The van der Waals surface area contributed by atoms with Gasteiger partial charge >= 0.3 is 6.03 Å². The normalized spacial score (nSPS) is 32.5. The molecule has 3 rings (SSSR count). The molecule has 3 aliphatic heterocycles. The van der Waals surface area contributed by atoms with Crippen LogP contribution in [0.3, 0.4) is 0 Å². The van der Waals surface area contributed by atoms with Crippen molar-refractivity contribution in [3.05, 3.63) is 0 Å². The Kier molecular flexibility index (Phi) is 4.54. The Labute approximate surface area is 131 Å². The number of hydroxylamine groups is 1. The third kappa shape index (κ3) is 3.05. The summed E-state index contributed by atoms with van der Waals surface area (Å²) < 4.78 is 0. The van der Waals surface area contributed by atoms with Crippen LogP contribution in [-0.2, 0) is 9.63 Å². The molecule has 7 heteroatoms. The number of nitrogens with one attached hydrogen (secondary N) is 1. The number of nitrogens with zero attached hydrogens (tertiary/aromatic N) is 3. The van der Waals surface area contributed by atoms with Gasteiger partial charge in [0.05, 0.1) is 12.6 Å². The molecule has 0 aromatic heterocycles. The molecule has 0 aromatic carbocycles. The number of fused-ring (bicyclic) bond motifs is 2. The topological polar surface area (TPSA) is 65.1 Å². The van der Waals surface area contributed by atoms with E-state index >= 15 is 0 Å². The van der Waals surface area contributed by atoms with Crippen molar-refractivity contribution in [3.63, 3.8) is 0 Å². The molecule has 7 nitrogen and oxygen atoms in total. The minimum Gasteiger partial charge on any atom is -0.323 e. The first-order valence-electron chi connectivity index (χ1n) is 8.20. The van der Waals surface area contributed by atoms with Crippen LogP contribution in [0.1, 0.15) is 25.7 Å². The first-order chi connectivity index (χ1) is 10.6. The Morgan fingerprint density at radius 1 is 1.27 bits per heavy atom. The smallest absolute Gasteiger partial charge is 0.320 e. The maximum Gasteiger partial charge on any atom is 0.320 e. The van der Waals surface area contributed by atoms with E-state index in [1.54, 1.807) is 9.80 Å². The average molecular weight is 310 g/mol. The van der Waals surface area contributed by atoms with E-state index in [9.17, 15) is 9.59 Å². The zero-order chi connectivity index (χ0) is 15.7. The van der Waals surface area contributed by atoms with Gasteiger partial charge in [0.25, 0.3) is 5.91 Å².